The van der Waals surface area contributed by atoms with Crippen LogP contribution in [0.5, 0.6) is 0 Å². The molecule has 0 radical (unpaired) electrons. The summed E-state index contributed by atoms with van der Waals surface area (Å²) >= 11 is 11.1. The molecule has 0 unspecified atom stereocenters. The van der Waals surface area contributed by atoms with Gasteiger partial charge in [-0.15, -0.1) is 11.6 Å². The molecule has 2 rings (SSSR count). The topological polar surface area (TPSA) is 20.3 Å². The van der Waals surface area contributed by atoms with Crippen LogP contribution in [0.2, 0.25) is 5.02 Å². The van der Waals surface area contributed by atoms with Gasteiger partial charge < -0.3 is 4.90 Å². The lowest BCUT2D eigenvalue weighted by Crippen LogP contribution is -2.45. The molecule has 6 heteroatoms. The fourth-order valence-electron chi connectivity index (χ4n) is 2.08. The summed E-state index contributed by atoms with van der Waals surface area (Å²) in [5.74, 6) is -1.88. The van der Waals surface area contributed by atoms with Crippen molar-refractivity contribution in [3.63, 3.8) is 0 Å². The van der Waals surface area contributed by atoms with E-state index in [4.69, 9.17) is 23.2 Å². The summed E-state index contributed by atoms with van der Waals surface area (Å²) < 4.78 is 27.1. The molecule has 0 aromatic heterocycles. The van der Waals surface area contributed by atoms with E-state index in [0.29, 0.717) is 6.54 Å². The number of amides is 1. The van der Waals surface area contributed by atoms with E-state index in [1.54, 1.807) is 0 Å². The summed E-state index contributed by atoms with van der Waals surface area (Å²) in [5.41, 5.74) is -0.293. The minimum atomic E-state index is -0.810. The Hall–Kier alpha value is -0.870. The predicted molar refractivity (Wildman–Crippen MR) is 70.8 cm³/mol. The molecule has 2 nitrogen and oxygen atoms in total. The molecular formula is C13H13Cl2F2NO. The SMILES string of the molecule is O=C(c1cc(F)c(Cl)cc1F)N(CCCl)C1CCC1. The summed E-state index contributed by atoms with van der Waals surface area (Å²) in [6.07, 6.45) is 2.79. The van der Waals surface area contributed by atoms with Crippen LogP contribution in [0.3, 0.4) is 0 Å². The minimum absolute atomic E-state index is 0.0735. The van der Waals surface area contributed by atoms with Gasteiger partial charge in [0.1, 0.15) is 11.6 Å². The standard InChI is InChI=1S/C13H13Cl2F2NO/c14-4-5-18(8-2-1-3-8)13(19)9-6-12(17)10(15)7-11(9)16/h6-8H,1-5H2. The molecule has 0 aliphatic heterocycles. The van der Waals surface area contributed by atoms with E-state index in [1.165, 1.54) is 4.90 Å². The zero-order chi connectivity index (χ0) is 14.0. The summed E-state index contributed by atoms with van der Waals surface area (Å²) in [4.78, 5) is 13.8. The van der Waals surface area contributed by atoms with Gasteiger partial charge in [-0.25, -0.2) is 8.78 Å². The van der Waals surface area contributed by atoms with Gasteiger partial charge in [-0.1, -0.05) is 11.6 Å². The van der Waals surface area contributed by atoms with Crippen LogP contribution in [-0.4, -0.2) is 29.3 Å². The Labute approximate surface area is 120 Å². The normalized spacial score (nSPS) is 15.2. The number of halogens is 4. The molecule has 1 aromatic rings. The molecule has 0 heterocycles. The van der Waals surface area contributed by atoms with Crippen LogP contribution in [0.15, 0.2) is 12.1 Å². The second-order valence-electron chi connectivity index (χ2n) is 4.52. The molecule has 1 aliphatic carbocycles. The lowest BCUT2D eigenvalue weighted by atomic mass is 9.91. The van der Waals surface area contributed by atoms with E-state index < -0.39 is 17.5 Å². The average Bonchev–Trinajstić information content (AvgIpc) is 2.30. The van der Waals surface area contributed by atoms with Crippen LogP contribution >= 0.6 is 23.2 Å². The Kier molecular flexibility index (Phi) is 4.63. The molecule has 1 amide bonds. The van der Waals surface area contributed by atoms with Gasteiger partial charge in [-0.3, -0.25) is 4.79 Å². The zero-order valence-corrected chi connectivity index (χ0v) is 11.6. The number of hydrogen-bond donors (Lipinski definition) is 0. The number of benzene rings is 1. The summed E-state index contributed by atoms with van der Waals surface area (Å²) in [6, 6.07) is 1.74. The maximum absolute atomic E-state index is 13.7. The van der Waals surface area contributed by atoms with Gasteiger partial charge in [-0.05, 0) is 31.4 Å². The Balaban J connectivity index is 2.28. The van der Waals surface area contributed by atoms with E-state index in [0.717, 1.165) is 31.4 Å². The molecule has 0 atom stereocenters. The highest BCUT2D eigenvalue weighted by Crippen LogP contribution is 2.28. The molecule has 0 spiro atoms. The van der Waals surface area contributed by atoms with Crippen LogP contribution in [0.4, 0.5) is 8.78 Å². The molecule has 1 saturated carbocycles. The van der Waals surface area contributed by atoms with Crippen molar-refractivity contribution in [1.82, 2.24) is 4.90 Å². The first-order valence-electron chi connectivity index (χ1n) is 6.06. The fraction of sp³-hybridized carbons (Fsp3) is 0.462. The number of nitrogens with zero attached hydrogens (tertiary/aromatic N) is 1. The van der Waals surface area contributed by atoms with Crippen LogP contribution in [0.25, 0.3) is 0 Å². The second kappa shape index (κ2) is 6.06. The molecular weight excluding hydrogens is 295 g/mol. The van der Waals surface area contributed by atoms with Crippen molar-refractivity contribution >= 4 is 29.1 Å². The molecule has 1 aromatic carbocycles. The Bertz CT molecular complexity index is 492. The van der Waals surface area contributed by atoms with Gasteiger partial charge in [-0.2, -0.15) is 0 Å². The predicted octanol–water partition coefficient (Wildman–Crippen LogP) is 3.85. The summed E-state index contributed by atoms with van der Waals surface area (Å²) in [6.45, 7) is 0.328. The van der Waals surface area contributed by atoms with Gasteiger partial charge in [0.2, 0.25) is 0 Å². The van der Waals surface area contributed by atoms with Crippen LogP contribution < -0.4 is 0 Å². The Morgan fingerprint density at radius 3 is 2.53 bits per heavy atom. The number of carbonyl (C=O) groups excluding carboxylic acids is 1. The monoisotopic (exact) mass is 307 g/mol. The van der Waals surface area contributed by atoms with Crippen LogP contribution in [-0.2, 0) is 0 Å². The Morgan fingerprint density at radius 1 is 1.32 bits per heavy atom. The summed E-state index contributed by atoms with van der Waals surface area (Å²) in [7, 11) is 0. The van der Waals surface area contributed by atoms with Gasteiger partial charge in [0.25, 0.3) is 5.91 Å². The van der Waals surface area contributed by atoms with E-state index in [2.05, 4.69) is 0 Å². The third-order valence-electron chi connectivity index (χ3n) is 3.34. The second-order valence-corrected chi connectivity index (χ2v) is 5.30. The van der Waals surface area contributed by atoms with Crippen molar-refractivity contribution in [3.05, 3.63) is 34.4 Å². The molecule has 19 heavy (non-hydrogen) atoms. The Morgan fingerprint density at radius 2 is 2.00 bits per heavy atom. The summed E-state index contributed by atoms with van der Waals surface area (Å²) in [5, 5.41) is -0.332. The van der Waals surface area contributed by atoms with E-state index >= 15 is 0 Å². The lowest BCUT2D eigenvalue weighted by molar-refractivity contribution is 0.0592. The zero-order valence-electron chi connectivity index (χ0n) is 10.1. The van der Waals surface area contributed by atoms with E-state index in [-0.39, 0.29) is 22.5 Å². The van der Waals surface area contributed by atoms with Crippen molar-refractivity contribution in [2.24, 2.45) is 0 Å². The third-order valence-corrected chi connectivity index (χ3v) is 3.80. The highest BCUT2D eigenvalue weighted by molar-refractivity contribution is 6.30. The number of alkyl halides is 1. The first-order valence-corrected chi connectivity index (χ1v) is 6.97. The van der Waals surface area contributed by atoms with E-state index in [1.807, 2.05) is 0 Å². The van der Waals surface area contributed by atoms with E-state index in [9.17, 15) is 13.6 Å². The van der Waals surface area contributed by atoms with Crippen LogP contribution in [0, 0.1) is 11.6 Å². The fourth-order valence-corrected chi connectivity index (χ4v) is 2.41. The van der Waals surface area contributed by atoms with Crippen molar-refractivity contribution in [1.29, 1.82) is 0 Å². The number of rotatable bonds is 4. The quantitative estimate of drug-likeness (QED) is 0.611. The average molecular weight is 308 g/mol. The maximum Gasteiger partial charge on any atom is 0.257 e. The molecule has 1 fully saturated rings. The third kappa shape index (κ3) is 3.00. The minimum Gasteiger partial charge on any atom is -0.334 e. The molecule has 0 saturated heterocycles. The first kappa shape index (κ1) is 14.5. The van der Waals surface area contributed by atoms with Gasteiger partial charge in [0.05, 0.1) is 10.6 Å². The molecule has 1 aliphatic rings. The van der Waals surface area contributed by atoms with Crippen molar-refractivity contribution in [2.45, 2.75) is 25.3 Å². The highest BCUT2D eigenvalue weighted by Gasteiger charge is 2.30. The van der Waals surface area contributed by atoms with Crippen molar-refractivity contribution in [3.8, 4) is 0 Å². The lowest BCUT2D eigenvalue weighted by Gasteiger charge is -2.37. The van der Waals surface area contributed by atoms with Gasteiger partial charge >= 0.3 is 0 Å². The first-order chi connectivity index (χ1) is 9.04. The van der Waals surface area contributed by atoms with Gasteiger partial charge in [0.15, 0.2) is 0 Å². The maximum atomic E-state index is 13.7. The molecule has 0 N–H and O–H groups in total. The smallest absolute Gasteiger partial charge is 0.257 e. The number of carbonyl (C=O) groups is 1. The highest BCUT2D eigenvalue weighted by atomic mass is 35.5. The molecule has 104 valence electrons. The molecule has 0 bridgehead atoms. The van der Waals surface area contributed by atoms with Crippen LogP contribution in [0.1, 0.15) is 29.6 Å². The largest absolute Gasteiger partial charge is 0.334 e. The van der Waals surface area contributed by atoms with Crippen molar-refractivity contribution in [2.75, 3.05) is 12.4 Å². The van der Waals surface area contributed by atoms with Gasteiger partial charge in [0, 0.05) is 18.5 Å². The number of hydrogen-bond acceptors (Lipinski definition) is 1. The van der Waals surface area contributed by atoms with Crippen molar-refractivity contribution < 1.29 is 13.6 Å².